The standard InChI is InChI=1S/C24H26N2O4S/c1-29-20-8-3-9-21(17-20)30-14-13-25-24(28)18-6-2-7-19(16-18)26-23(27)12-4-10-22-11-5-15-31-22/h2-3,5-9,11,15-17H,4,10,12-14H2,1H3,(H,25,28)(H,26,27). The number of nitrogens with one attached hydrogen (secondary N) is 2. The van der Waals surface area contributed by atoms with Crippen LogP contribution in [0.5, 0.6) is 11.5 Å². The average molecular weight is 439 g/mol. The van der Waals surface area contributed by atoms with E-state index in [0.29, 0.717) is 42.3 Å². The Kier molecular flexibility index (Phi) is 8.48. The first-order valence-electron chi connectivity index (χ1n) is 10.1. The molecule has 0 saturated carbocycles. The number of methoxy groups -OCH3 is 1. The van der Waals surface area contributed by atoms with Gasteiger partial charge in [-0.2, -0.15) is 0 Å². The fraction of sp³-hybridized carbons (Fsp3) is 0.250. The third kappa shape index (κ3) is 7.46. The molecule has 7 heteroatoms. The van der Waals surface area contributed by atoms with Gasteiger partial charge in [0.2, 0.25) is 5.91 Å². The van der Waals surface area contributed by atoms with Crippen LogP contribution in [0.3, 0.4) is 0 Å². The van der Waals surface area contributed by atoms with Gasteiger partial charge in [-0.25, -0.2) is 0 Å². The van der Waals surface area contributed by atoms with Crippen molar-refractivity contribution in [2.24, 2.45) is 0 Å². The van der Waals surface area contributed by atoms with Crippen molar-refractivity contribution in [2.75, 3.05) is 25.6 Å². The summed E-state index contributed by atoms with van der Waals surface area (Å²) in [5.74, 6) is 1.12. The van der Waals surface area contributed by atoms with Gasteiger partial charge in [0.25, 0.3) is 5.91 Å². The average Bonchev–Trinajstić information content (AvgIpc) is 3.30. The van der Waals surface area contributed by atoms with Crippen LogP contribution in [0.1, 0.15) is 28.1 Å². The largest absolute Gasteiger partial charge is 0.497 e. The molecule has 0 aliphatic heterocycles. The summed E-state index contributed by atoms with van der Waals surface area (Å²) in [5.41, 5.74) is 1.10. The summed E-state index contributed by atoms with van der Waals surface area (Å²) in [5, 5.41) is 7.72. The maximum atomic E-state index is 12.4. The number of rotatable bonds is 11. The molecule has 6 nitrogen and oxygen atoms in total. The number of benzene rings is 2. The van der Waals surface area contributed by atoms with Gasteiger partial charge in [-0.15, -0.1) is 11.3 Å². The number of thiophene rings is 1. The number of hydrogen-bond donors (Lipinski definition) is 2. The molecule has 162 valence electrons. The Morgan fingerprint density at radius 2 is 1.84 bits per heavy atom. The van der Waals surface area contributed by atoms with Gasteiger partial charge >= 0.3 is 0 Å². The number of carbonyl (C=O) groups is 2. The number of hydrogen-bond acceptors (Lipinski definition) is 5. The Morgan fingerprint density at radius 3 is 2.65 bits per heavy atom. The first-order valence-corrected chi connectivity index (χ1v) is 11.0. The molecule has 0 unspecified atom stereocenters. The Hall–Kier alpha value is -3.32. The van der Waals surface area contributed by atoms with Gasteiger partial charge in [-0.1, -0.05) is 18.2 Å². The molecule has 2 aromatic carbocycles. The van der Waals surface area contributed by atoms with Gasteiger partial charge in [-0.3, -0.25) is 9.59 Å². The van der Waals surface area contributed by atoms with Gasteiger partial charge in [0.15, 0.2) is 0 Å². The highest BCUT2D eigenvalue weighted by atomic mass is 32.1. The Bertz CT molecular complexity index is 989. The van der Waals surface area contributed by atoms with E-state index in [2.05, 4.69) is 16.7 Å². The zero-order valence-corrected chi connectivity index (χ0v) is 18.2. The van der Waals surface area contributed by atoms with Crippen LogP contribution in [0.25, 0.3) is 0 Å². The van der Waals surface area contributed by atoms with Gasteiger partial charge in [0, 0.05) is 28.6 Å². The molecule has 2 amide bonds. The monoisotopic (exact) mass is 438 g/mol. The van der Waals surface area contributed by atoms with E-state index in [-0.39, 0.29) is 11.8 Å². The van der Waals surface area contributed by atoms with Crippen molar-refractivity contribution in [1.82, 2.24) is 5.32 Å². The minimum absolute atomic E-state index is 0.0548. The van der Waals surface area contributed by atoms with E-state index in [4.69, 9.17) is 9.47 Å². The van der Waals surface area contributed by atoms with Crippen molar-refractivity contribution in [3.8, 4) is 11.5 Å². The molecule has 0 aliphatic carbocycles. The summed E-state index contributed by atoms with van der Waals surface area (Å²) < 4.78 is 10.8. The van der Waals surface area contributed by atoms with Crippen LogP contribution >= 0.6 is 11.3 Å². The zero-order valence-electron chi connectivity index (χ0n) is 17.4. The minimum Gasteiger partial charge on any atom is -0.497 e. The summed E-state index contributed by atoms with van der Waals surface area (Å²) in [6.45, 7) is 0.689. The number of aryl methyl sites for hydroxylation is 1. The van der Waals surface area contributed by atoms with Crippen molar-refractivity contribution in [1.29, 1.82) is 0 Å². The van der Waals surface area contributed by atoms with Crippen LogP contribution in [-0.4, -0.2) is 32.1 Å². The van der Waals surface area contributed by atoms with E-state index in [0.717, 1.165) is 12.8 Å². The molecular formula is C24H26N2O4S. The highest BCUT2D eigenvalue weighted by Gasteiger charge is 2.08. The first-order chi connectivity index (χ1) is 15.1. The summed E-state index contributed by atoms with van der Waals surface area (Å²) in [7, 11) is 1.60. The summed E-state index contributed by atoms with van der Waals surface area (Å²) >= 11 is 1.70. The van der Waals surface area contributed by atoms with Crippen molar-refractivity contribution in [2.45, 2.75) is 19.3 Å². The minimum atomic E-state index is -0.219. The Morgan fingerprint density at radius 1 is 1.00 bits per heavy atom. The van der Waals surface area contributed by atoms with Crippen LogP contribution in [0.15, 0.2) is 66.0 Å². The van der Waals surface area contributed by atoms with E-state index in [1.165, 1.54) is 4.88 Å². The molecule has 2 N–H and O–H groups in total. The van der Waals surface area contributed by atoms with Gasteiger partial charge < -0.3 is 20.1 Å². The highest BCUT2D eigenvalue weighted by Crippen LogP contribution is 2.18. The van der Waals surface area contributed by atoms with Crippen LogP contribution in [0.2, 0.25) is 0 Å². The molecule has 31 heavy (non-hydrogen) atoms. The molecule has 0 radical (unpaired) electrons. The summed E-state index contributed by atoms with van der Waals surface area (Å²) in [6.07, 6.45) is 2.13. The maximum absolute atomic E-state index is 12.4. The highest BCUT2D eigenvalue weighted by molar-refractivity contribution is 7.09. The molecule has 0 fully saturated rings. The van der Waals surface area contributed by atoms with Crippen LogP contribution in [0.4, 0.5) is 5.69 Å². The van der Waals surface area contributed by atoms with E-state index < -0.39 is 0 Å². The second-order valence-corrected chi connectivity index (χ2v) is 7.88. The smallest absolute Gasteiger partial charge is 0.251 e. The normalized spacial score (nSPS) is 10.4. The molecule has 0 bridgehead atoms. The SMILES string of the molecule is COc1cccc(OCCNC(=O)c2cccc(NC(=O)CCCc3cccs3)c2)c1. The van der Waals surface area contributed by atoms with E-state index in [9.17, 15) is 9.59 Å². The molecule has 3 rings (SSSR count). The van der Waals surface area contributed by atoms with E-state index in [1.807, 2.05) is 29.6 Å². The van der Waals surface area contributed by atoms with Crippen LogP contribution in [-0.2, 0) is 11.2 Å². The van der Waals surface area contributed by atoms with Crippen molar-refractivity contribution >= 4 is 28.8 Å². The van der Waals surface area contributed by atoms with E-state index in [1.54, 1.807) is 48.8 Å². The molecule has 3 aromatic rings. The van der Waals surface area contributed by atoms with Crippen LogP contribution < -0.4 is 20.1 Å². The summed E-state index contributed by atoms with van der Waals surface area (Å²) in [4.78, 5) is 25.9. The van der Waals surface area contributed by atoms with Crippen molar-refractivity contribution < 1.29 is 19.1 Å². The fourth-order valence-corrected chi connectivity index (χ4v) is 3.72. The van der Waals surface area contributed by atoms with E-state index >= 15 is 0 Å². The molecule has 0 atom stereocenters. The number of amides is 2. The number of anilines is 1. The lowest BCUT2D eigenvalue weighted by Crippen LogP contribution is -2.28. The molecule has 0 spiro atoms. The predicted molar refractivity (Wildman–Crippen MR) is 123 cm³/mol. The molecule has 1 aromatic heterocycles. The van der Waals surface area contributed by atoms with Gasteiger partial charge in [0.1, 0.15) is 18.1 Å². The summed E-state index contributed by atoms with van der Waals surface area (Å²) in [6, 6.07) is 18.3. The second-order valence-electron chi connectivity index (χ2n) is 6.85. The first kappa shape index (κ1) is 22.4. The van der Waals surface area contributed by atoms with Crippen LogP contribution in [0, 0.1) is 0 Å². The number of carbonyl (C=O) groups excluding carboxylic acids is 2. The Labute approximate surface area is 186 Å². The third-order valence-electron chi connectivity index (χ3n) is 4.51. The lowest BCUT2D eigenvalue weighted by molar-refractivity contribution is -0.116. The van der Waals surface area contributed by atoms with Gasteiger partial charge in [0.05, 0.1) is 13.7 Å². The van der Waals surface area contributed by atoms with Crippen molar-refractivity contribution in [3.63, 3.8) is 0 Å². The maximum Gasteiger partial charge on any atom is 0.251 e. The topological polar surface area (TPSA) is 76.7 Å². The number of ether oxygens (including phenoxy) is 2. The zero-order chi connectivity index (χ0) is 21.9. The molecular weight excluding hydrogens is 412 g/mol. The quantitative estimate of drug-likeness (QED) is 0.431. The van der Waals surface area contributed by atoms with Gasteiger partial charge in [-0.05, 0) is 54.6 Å². The molecule has 1 heterocycles. The lowest BCUT2D eigenvalue weighted by atomic mass is 10.1. The predicted octanol–water partition coefficient (Wildman–Crippen LogP) is 4.53. The lowest BCUT2D eigenvalue weighted by Gasteiger charge is -2.10. The van der Waals surface area contributed by atoms with Crippen molar-refractivity contribution in [3.05, 3.63) is 76.5 Å². The third-order valence-corrected chi connectivity index (χ3v) is 5.45. The Balaban J connectivity index is 1.40. The fourth-order valence-electron chi connectivity index (χ4n) is 2.97. The molecule has 0 aliphatic rings. The molecule has 0 saturated heterocycles. The second kappa shape index (κ2) is 11.8.